The first-order valence-corrected chi connectivity index (χ1v) is 8.38. The van der Waals surface area contributed by atoms with Gasteiger partial charge in [-0.3, -0.25) is 14.7 Å². The first kappa shape index (κ1) is 19.6. The molecule has 0 aliphatic rings. The van der Waals surface area contributed by atoms with Crippen LogP contribution in [0.1, 0.15) is 34.1 Å². The van der Waals surface area contributed by atoms with Gasteiger partial charge in [-0.15, -0.1) is 0 Å². The molecule has 0 amide bonds. The number of hydrogen-bond acceptors (Lipinski definition) is 6. The van der Waals surface area contributed by atoms with E-state index in [1.807, 2.05) is 27.7 Å². The second kappa shape index (κ2) is 8.78. The lowest BCUT2D eigenvalue weighted by molar-refractivity contribution is -0.143. The second-order valence-electron chi connectivity index (χ2n) is 5.47. The standard InChI is InChI=1S/C13H28NO5P/c1-9(2)8-11(13(15)17-5)14-12(10(3)4)20(16,18-6)19-7/h9-12,14H,8H2,1-7H3. The van der Waals surface area contributed by atoms with E-state index in [9.17, 15) is 9.36 Å². The Hall–Kier alpha value is -0.420. The van der Waals surface area contributed by atoms with E-state index < -0.39 is 19.4 Å². The quantitative estimate of drug-likeness (QED) is 0.521. The molecule has 20 heavy (non-hydrogen) atoms. The Morgan fingerprint density at radius 2 is 1.60 bits per heavy atom. The molecule has 6 nitrogen and oxygen atoms in total. The molecule has 120 valence electrons. The predicted octanol–water partition coefficient (Wildman–Crippen LogP) is 2.63. The maximum atomic E-state index is 12.6. The van der Waals surface area contributed by atoms with E-state index in [4.69, 9.17) is 13.8 Å². The third-order valence-corrected chi connectivity index (χ3v) is 5.49. The van der Waals surface area contributed by atoms with Crippen molar-refractivity contribution in [2.75, 3.05) is 21.3 Å². The Labute approximate surface area is 122 Å². The Balaban J connectivity index is 5.19. The van der Waals surface area contributed by atoms with Gasteiger partial charge in [0.1, 0.15) is 11.8 Å². The zero-order valence-corrected chi connectivity index (χ0v) is 14.4. The number of rotatable bonds is 9. The Kier molecular flexibility index (Phi) is 8.59. The monoisotopic (exact) mass is 309 g/mol. The largest absolute Gasteiger partial charge is 0.468 e. The molecule has 0 aliphatic heterocycles. The molecule has 1 N–H and O–H groups in total. The molecule has 0 heterocycles. The smallest absolute Gasteiger partial charge is 0.347 e. The summed E-state index contributed by atoms with van der Waals surface area (Å²) in [5.74, 6) is -0.674. The van der Waals surface area contributed by atoms with Crippen LogP contribution in [0.4, 0.5) is 0 Å². The molecule has 0 radical (unpaired) electrons. The van der Waals surface area contributed by atoms with Crippen LogP contribution < -0.4 is 5.32 Å². The number of hydrogen-bond donors (Lipinski definition) is 1. The molecule has 0 rings (SSSR count). The van der Waals surface area contributed by atoms with Crippen LogP contribution in [-0.4, -0.2) is 39.1 Å². The minimum absolute atomic E-state index is 0.0277. The highest BCUT2D eigenvalue weighted by Crippen LogP contribution is 2.53. The molecular weight excluding hydrogens is 281 g/mol. The maximum Gasteiger partial charge on any atom is 0.347 e. The summed E-state index contributed by atoms with van der Waals surface area (Å²) in [6.07, 6.45) is 0.587. The zero-order valence-electron chi connectivity index (χ0n) is 13.5. The Morgan fingerprint density at radius 3 is 1.90 bits per heavy atom. The van der Waals surface area contributed by atoms with Gasteiger partial charge in [0.25, 0.3) is 0 Å². The van der Waals surface area contributed by atoms with Crippen molar-refractivity contribution >= 4 is 13.6 Å². The summed E-state index contributed by atoms with van der Waals surface area (Å²) in [6.45, 7) is 7.81. The zero-order chi connectivity index (χ0) is 15.9. The van der Waals surface area contributed by atoms with Gasteiger partial charge in [0, 0.05) is 14.2 Å². The minimum Gasteiger partial charge on any atom is -0.468 e. The van der Waals surface area contributed by atoms with Crippen LogP contribution in [0.2, 0.25) is 0 Å². The lowest BCUT2D eigenvalue weighted by Gasteiger charge is -2.31. The first-order chi connectivity index (χ1) is 9.21. The number of carbonyl (C=O) groups is 1. The number of ether oxygens (including phenoxy) is 1. The van der Waals surface area contributed by atoms with Gasteiger partial charge in [0.15, 0.2) is 0 Å². The van der Waals surface area contributed by atoms with Crippen molar-refractivity contribution in [3.63, 3.8) is 0 Å². The van der Waals surface area contributed by atoms with Crippen LogP contribution in [0, 0.1) is 11.8 Å². The van der Waals surface area contributed by atoms with Crippen LogP contribution in [0.25, 0.3) is 0 Å². The highest BCUT2D eigenvalue weighted by atomic mass is 31.2. The third-order valence-electron chi connectivity index (χ3n) is 3.05. The average Bonchev–Trinajstić information content (AvgIpc) is 2.40. The fourth-order valence-electron chi connectivity index (χ4n) is 2.00. The molecule has 0 aliphatic carbocycles. The molecular formula is C13H28NO5P. The van der Waals surface area contributed by atoms with Gasteiger partial charge in [0.2, 0.25) is 0 Å². The summed E-state index contributed by atoms with van der Waals surface area (Å²) >= 11 is 0. The lowest BCUT2D eigenvalue weighted by Crippen LogP contribution is -2.47. The fourth-order valence-corrected chi connectivity index (χ4v) is 3.70. The summed E-state index contributed by atoms with van der Waals surface area (Å²) in [6, 6.07) is -0.536. The van der Waals surface area contributed by atoms with Gasteiger partial charge in [-0.1, -0.05) is 27.7 Å². The third kappa shape index (κ3) is 5.52. The number of methoxy groups -OCH3 is 1. The van der Waals surface area contributed by atoms with E-state index in [0.717, 1.165) is 0 Å². The van der Waals surface area contributed by atoms with Gasteiger partial charge >= 0.3 is 13.6 Å². The van der Waals surface area contributed by atoms with Crippen molar-refractivity contribution < 1.29 is 23.1 Å². The predicted molar refractivity (Wildman–Crippen MR) is 78.6 cm³/mol. The molecule has 2 atom stereocenters. The van der Waals surface area contributed by atoms with Crippen molar-refractivity contribution in [3.05, 3.63) is 0 Å². The molecule has 0 saturated heterocycles. The second-order valence-corrected chi connectivity index (χ2v) is 7.83. The van der Waals surface area contributed by atoms with E-state index in [0.29, 0.717) is 12.3 Å². The van der Waals surface area contributed by atoms with E-state index in [2.05, 4.69) is 5.32 Å². The Morgan fingerprint density at radius 1 is 1.10 bits per heavy atom. The average molecular weight is 309 g/mol. The van der Waals surface area contributed by atoms with Crippen molar-refractivity contribution in [3.8, 4) is 0 Å². The number of nitrogens with one attached hydrogen (secondary N) is 1. The molecule has 0 fully saturated rings. The SMILES string of the molecule is COC(=O)C(CC(C)C)NC(C(C)C)P(=O)(OC)OC. The molecule has 2 unspecified atom stereocenters. The number of carbonyl (C=O) groups excluding carboxylic acids is 1. The van der Waals surface area contributed by atoms with E-state index in [1.54, 1.807) is 0 Å². The van der Waals surface area contributed by atoms with Gasteiger partial charge in [0.05, 0.1) is 7.11 Å². The fraction of sp³-hybridized carbons (Fsp3) is 0.923. The van der Waals surface area contributed by atoms with Gasteiger partial charge in [-0.05, 0) is 18.3 Å². The molecule has 0 aromatic carbocycles. The molecule has 0 saturated carbocycles. The van der Waals surface area contributed by atoms with Crippen molar-refractivity contribution in [2.45, 2.75) is 45.9 Å². The van der Waals surface area contributed by atoms with Crippen molar-refractivity contribution in [2.24, 2.45) is 11.8 Å². The summed E-state index contributed by atoms with van der Waals surface area (Å²) < 4.78 is 27.5. The van der Waals surface area contributed by atoms with Gasteiger partial charge < -0.3 is 13.8 Å². The highest BCUT2D eigenvalue weighted by molar-refractivity contribution is 7.54. The Bertz CT molecular complexity index is 338. The summed E-state index contributed by atoms with van der Waals surface area (Å²) in [5, 5.41) is 3.09. The number of esters is 1. The molecule has 0 spiro atoms. The summed E-state index contributed by atoms with van der Waals surface area (Å²) in [7, 11) is 0.716. The molecule has 0 bridgehead atoms. The van der Waals surface area contributed by atoms with Gasteiger partial charge in [-0.2, -0.15) is 0 Å². The van der Waals surface area contributed by atoms with Gasteiger partial charge in [-0.25, -0.2) is 0 Å². The van der Waals surface area contributed by atoms with Crippen LogP contribution in [0.15, 0.2) is 0 Å². The van der Waals surface area contributed by atoms with E-state index in [-0.39, 0.29) is 11.9 Å². The van der Waals surface area contributed by atoms with Crippen molar-refractivity contribution in [1.29, 1.82) is 0 Å². The minimum atomic E-state index is -3.31. The molecule has 0 aromatic heterocycles. The topological polar surface area (TPSA) is 73.9 Å². The van der Waals surface area contributed by atoms with E-state index >= 15 is 0 Å². The first-order valence-electron chi connectivity index (χ1n) is 6.76. The summed E-state index contributed by atoms with van der Waals surface area (Å²) in [4.78, 5) is 11.9. The van der Waals surface area contributed by atoms with Crippen LogP contribution in [0.5, 0.6) is 0 Å². The van der Waals surface area contributed by atoms with E-state index in [1.165, 1.54) is 21.3 Å². The highest BCUT2D eigenvalue weighted by Gasteiger charge is 2.39. The summed E-state index contributed by atoms with van der Waals surface area (Å²) in [5.41, 5.74) is 0. The van der Waals surface area contributed by atoms with Crippen LogP contribution >= 0.6 is 7.60 Å². The normalized spacial score (nSPS) is 15.4. The van der Waals surface area contributed by atoms with Crippen LogP contribution in [-0.2, 0) is 23.1 Å². The van der Waals surface area contributed by atoms with Crippen LogP contribution in [0.3, 0.4) is 0 Å². The molecule has 0 aromatic rings. The lowest BCUT2D eigenvalue weighted by atomic mass is 10.0. The van der Waals surface area contributed by atoms with Crippen molar-refractivity contribution in [1.82, 2.24) is 5.32 Å². The molecule has 7 heteroatoms. The maximum absolute atomic E-state index is 12.6.